The van der Waals surface area contributed by atoms with Crippen molar-refractivity contribution in [2.75, 3.05) is 24.3 Å². The monoisotopic (exact) mass is 419 g/mol. The van der Waals surface area contributed by atoms with Gasteiger partial charge in [0.05, 0.1) is 23.7 Å². The molecule has 0 spiro atoms. The van der Waals surface area contributed by atoms with Crippen LogP contribution in [0.3, 0.4) is 0 Å². The van der Waals surface area contributed by atoms with Crippen LogP contribution in [0.4, 0.5) is 5.69 Å². The molecule has 0 fully saturated rings. The van der Waals surface area contributed by atoms with E-state index in [1.165, 1.54) is 6.07 Å². The number of rotatable bonds is 9. The normalized spacial score (nSPS) is 11.0. The zero-order valence-corrected chi connectivity index (χ0v) is 17.5. The molecule has 0 bridgehead atoms. The number of nitrogens with one attached hydrogen (secondary N) is 1. The molecular weight excluding hydrogens is 394 g/mol. The lowest BCUT2D eigenvalue weighted by atomic mass is 10.1. The highest BCUT2D eigenvalue weighted by Crippen LogP contribution is 2.17. The molecule has 2 aromatic carbocycles. The molecular formula is C21H25NO6S. The fraction of sp³-hybridized carbons (Fsp3) is 0.333. The van der Waals surface area contributed by atoms with Crippen molar-refractivity contribution in [1.82, 2.24) is 0 Å². The van der Waals surface area contributed by atoms with Gasteiger partial charge in [0, 0.05) is 5.69 Å². The fourth-order valence-corrected chi connectivity index (χ4v) is 3.76. The van der Waals surface area contributed by atoms with Crippen LogP contribution in [0.1, 0.15) is 24.5 Å². The first-order valence-electron chi connectivity index (χ1n) is 9.19. The number of hydrogen-bond acceptors (Lipinski definition) is 6. The van der Waals surface area contributed by atoms with Crippen LogP contribution in [0.2, 0.25) is 0 Å². The van der Waals surface area contributed by atoms with Crippen molar-refractivity contribution < 1.29 is 27.5 Å². The highest BCUT2D eigenvalue weighted by Gasteiger charge is 2.18. The molecule has 1 N–H and O–H groups in total. The maximum absolute atomic E-state index is 12.4. The summed E-state index contributed by atoms with van der Waals surface area (Å²) in [5, 5.41) is 2.59. The predicted octanol–water partition coefficient (Wildman–Crippen LogP) is 3.05. The number of amides is 1. The molecule has 2 aromatic rings. The lowest BCUT2D eigenvalue weighted by Gasteiger charge is -2.09. The van der Waals surface area contributed by atoms with Crippen LogP contribution in [0.15, 0.2) is 47.4 Å². The van der Waals surface area contributed by atoms with E-state index in [-0.39, 0.29) is 17.1 Å². The van der Waals surface area contributed by atoms with Crippen molar-refractivity contribution in [3.63, 3.8) is 0 Å². The summed E-state index contributed by atoms with van der Waals surface area (Å²) in [7, 11) is -3.60. The molecule has 0 aliphatic carbocycles. The van der Waals surface area contributed by atoms with Crippen molar-refractivity contribution in [3.05, 3.63) is 53.6 Å². The Labute approximate surface area is 170 Å². The molecule has 0 saturated carbocycles. The zero-order valence-electron chi connectivity index (χ0n) is 16.7. The Morgan fingerprint density at radius 2 is 1.69 bits per heavy atom. The number of aryl methyl sites for hydroxylation is 2. The van der Waals surface area contributed by atoms with Gasteiger partial charge >= 0.3 is 5.97 Å². The molecule has 156 valence electrons. The summed E-state index contributed by atoms with van der Waals surface area (Å²) in [4.78, 5) is 23.9. The smallest absolute Gasteiger partial charge is 0.307 e. The van der Waals surface area contributed by atoms with Crippen LogP contribution in [-0.4, -0.2) is 39.3 Å². The van der Waals surface area contributed by atoms with Gasteiger partial charge < -0.3 is 14.8 Å². The van der Waals surface area contributed by atoms with Crippen LogP contribution in [0.5, 0.6) is 5.75 Å². The first kappa shape index (κ1) is 22.4. The summed E-state index contributed by atoms with van der Waals surface area (Å²) in [6, 6.07) is 11.6. The summed E-state index contributed by atoms with van der Waals surface area (Å²) in [6.07, 6.45) is -0.328. The van der Waals surface area contributed by atoms with E-state index in [1.807, 2.05) is 20.8 Å². The summed E-state index contributed by atoms with van der Waals surface area (Å²) in [6.45, 7) is 5.64. The first-order valence-corrected chi connectivity index (χ1v) is 10.8. The predicted molar refractivity (Wildman–Crippen MR) is 110 cm³/mol. The number of carbonyl (C=O) groups excluding carboxylic acids is 2. The second-order valence-corrected chi connectivity index (χ2v) is 8.59. The Morgan fingerprint density at radius 3 is 2.31 bits per heavy atom. The zero-order chi connectivity index (χ0) is 21.4. The van der Waals surface area contributed by atoms with E-state index in [9.17, 15) is 18.0 Å². The Bertz CT molecular complexity index is 967. The third-order valence-electron chi connectivity index (χ3n) is 4.23. The molecule has 0 aliphatic rings. The number of benzene rings is 2. The topological polar surface area (TPSA) is 98.8 Å². The van der Waals surface area contributed by atoms with Gasteiger partial charge in [0.2, 0.25) is 0 Å². The first-order chi connectivity index (χ1) is 13.7. The van der Waals surface area contributed by atoms with E-state index in [0.29, 0.717) is 18.0 Å². The van der Waals surface area contributed by atoms with E-state index in [4.69, 9.17) is 9.47 Å². The minimum absolute atomic E-state index is 0.168. The fourth-order valence-electron chi connectivity index (χ4n) is 2.46. The quantitative estimate of drug-likeness (QED) is 0.627. The highest BCUT2D eigenvalue weighted by atomic mass is 32.2. The highest BCUT2D eigenvalue weighted by molar-refractivity contribution is 7.91. The molecule has 0 heterocycles. The van der Waals surface area contributed by atoms with Crippen LogP contribution >= 0.6 is 0 Å². The van der Waals surface area contributed by atoms with Crippen LogP contribution in [-0.2, 0) is 24.2 Å². The lowest BCUT2D eigenvalue weighted by Crippen LogP contribution is -2.22. The largest absolute Gasteiger partial charge is 0.494 e. The summed E-state index contributed by atoms with van der Waals surface area (Å²) in [5.41, 5.74) is 2.38. The van der Waals surface area contributed by atoms with Gasteiger partial charge in [-0.3, -0.25) is 9.59 Å². The van der Waals surface area contributed by atoms with Crippen molar-refractivity contribution >= 4 is 27.4 Å². The summed E-state index contributed by atoms with van der Waals surface area (Å²) < 4.78 is 34.9. The Kier molecular flexibility index (Phi) is 7.78. The van der Waals surface area contributed by atoms with Crippen molar-refractivity contribution in [2.45, 2.75) is 32.1 Å². The van der Waals surface area contributed by atoms with E-state index in [1.54, 1.807) is 36.4 Å². The third-order valence-corrected chi connectivity index (χ3v) is 5.94. The van der Waals surface area contributed by atoms with Gasteiger partial charge in [0.25, 0.3) is 5.91 Å². The molecule has 0 aliphatic heterocycles. The second-order valence-electron chi connectivity index (χ2n) is 6.48. The summed E-state index contributed by atoms with van der Waals surface area (Å²) >= 11 is 0. The maximum atomic E-state index is 12.4. The molecule has 0 radical (unpaired) electrons. The molecule has 8 heteroatoms. The standard InChI is InChI=1S/C21H25NO6S/c1-4-27-18-8-6-17(7-9-18)22-20(23)14-28-21(24)11-12-29(25,26)19-10-5-15(2)16(3)13-19/h5-10,13H,4,11-12,14H2,1-3H3,(H,22,23). The Hall–Kier alpha value is -2.87. The molecule has 29 heavy (non-hydrogen) atoms. The third kappa shape index (κ3) is 6.90. The van der Waals surface area contributed by atoms with Crippen LogP contribution in [0.25, 0.3) is 0 Å². The number of ether oxygens (including phenoxy) is 2. The Balaban J connectivity index is 1.80. The number of esters is 1. The van der Waals surface area contributed by atoms with Gasteiger partial charge in [-0.05, 0) is 68.3 Å². The van der Waals surface area contributed by atoms with E-state index in [0.717, 1.165) is 11.1 Å². The Morgan fingerprint density at radius 1 is 1.00 bits per heavy atom. The van der Waals surface area contributed by atoms with Crippen LogP contribution in [0, 0.1) is 13.8 Å². The number of anilines is 1. The second kappa shape index (κ2) is 10.1. The van der Waals surface area contributed by atoms with Gasteiger partial charge in [0.15, 0.2) is 16.4 Å². The minimum Gasteiger partial charge on any atom is -0.494 e. The molecule has 0 aromatic heterocycles. The van der Waals surface area contributed by atoms with Gasteiger partial charge in [-0.1, -0.05) is 6.07 Å². The number of carbonyl (C=O) groups is 2. The maximum Gasteiger partial charge on any atom is 0.307 e. The number of sulfone groups is 1. The van der Waals surface area contributed by atoms with Crippen molar-refractivity contribution in [2.24, 2.45) is 0 Å². The van der Waals surface area contributed by atoms with Crippen molar-refractivity contribution in [3.8, 4) is 5.75 Å². The SMILES string of the molecule is CCOc1ccc(NC(=O)COC(=O)CCS(=O)(=O)c2ccc(C)c(C)c2)cc1. The van der Waals surface area contributed by atoms with Crippen molar-refractivity contribution in [1.29, 1.82) is 0 Å². The number of hydrogen-bond donors (Lipinski definition) is 1. The van der Waals surface area contributed by atoms with Crippen LogP contribution < -0.4 is 10.1 Å². The molecule has 7 nitrogen and oxygen atoms in total. The molecule has 0 atom stereocenters. The average molecular weight is 419 g/mol. The molecule has 0 saturated heterocycles. The average Bonchev–Trinajstić information content (AvgIpc) is 2.68. The van der Waals surface area contributed by atoms with Gasteiger partial charge in [-0.25, -0.2) is 8.42 Å². The summed E-state index contributed by atoms with van der Waals surface area (Å²) in [5.74, 6) is -0.963. The molecule has 0 unspecified atom stereocenters. The van der Waals surface area contributed by atoms with E-state index < -0.39 is 28.3 Å². The van der Waals surface area contributed by atoms with Gasteiger partial charge in [0.1, 0.15) is 5.75 Å². The van der Waals surface area contributed by atoms with Gasteiger partial charge in [-0.2, -0.15) is 0 Å². The lowest BCUT2D eigenvalue weighted by molar-refractivity contribution is -0.146. The molecule has 1 amide bonds. The van der Waals surface area contributed by atoms with E-state index >= 15 is 0 Å². The molecule has 2 rings (SSSR count). The van der Waals surface area contributed by atoms with Gasteiger partial charge in [-0.15, -0.1) is 0 Å². The van der Waals surface area contributed by atoms with E-state index in [2.05, 4.69) is 5.32 Å². The minimum atomic E-state index is -3.60.